The fourth-order valence-corrected chi connectivity index (χ4v) is 1.76. The average Bonchev–Trinajstić information content (AvgIpc) is 2.63. The van der Waals surface area contributed by atoms with Gasteiger partial charge in [0.2, 0.25) is 0 Å². The molecular weight excluding hydrogens is 563 g/mol. The number of rotatable bonds is 0. The van der Waals surface area contributed by atoms with E-state index in [1.807, 2.05) is 36.4 Å². The van der Waals surface area contributed by atoms with Crippen LogP contribution in [0.25, 0.3) is 0 Å². The van der Waals surface area contributed by atoms with E-state index < -0.39 is 8.60 Å². The third-order valence-corrected chi connectivity index (χ3v) is 3.36. The molecule has 3 nitrogen and oxygen atoms in total. The van der Waals surface area contributed by atoms with Gasteiger partial charge in [0.25, 0.3) is 0 Å². The Labute approximate surface area is 228 Å². The Morgan fingerprint density at radius 1 is 0.452 bits per heavy atom. The van der Waals surface area contributed by atoms with Crippen molar-refractivity contribution in [3.05, 3.63) is 127 Å². The van der Waals surface area contributed by atoms with Crippen LogP contribution in [0.15, 0.2) is 72.8 Å². The molecule has 0 spiro atoms. The van der Waals surface area contributed by atoms with Crippen LogP contribution < -0.4 is 14.7 Å². The van der Waals surface area contributed by atoms with Crippen LogP contribution in [0, 0.1) is 41.5 Å². The Morgan fingerprint density at radius 2 is 0.581 bits per heavy atom. The van der Waals surface area contributed by atoms with Gasteiger partial charge in [0.05, 0.1) is 0 Å². The molecule has 0 aliphatic heterocycles. The molecule has 7 heteroatoms. The fraction of sp³-hybridized carbons (Fsp3) is 0.125. The van der Waals surface area contributed by atoms with Crippen LogP contribution in [0.1, 0.15) is 33.4 Å². The first-order valence-corrected chi connectivity index (χ1v) is 9.67. The summed E-state index contributed by atoms with van der Waals surface area (Å²) < 4.78 is 0. The molecule has 0 atom stereocenters. The van der Waals surface area contributed by atoms with Crippen LogP contribution in [-0.2, 0) is 58.4 Å². The SMILES string of the molecule is [CH2-]c1ccc(C)cc1.[CH2-]c1ccc(C)cc1.[CH2-]c1ccc(C)cc1.[O-]P([O-])[O-].[Zn+2].[Zn+2].[Zn+2]. The second-order valence-electron chi connectivity index (χ2n) is 6.18. The predicted molar refractivity (Wildman–Crippen MR) is 114 cm³/mol. The molecular formula is C24H27O3PZn3. The van der Waals surface area contributed by atoms with Gasteiger partial charge in [0.15, 0.2) is 0 Å². The fourth-order valence-electron chi connectivity index (χ4n) is 1.76. The van der Waals surface area contributed by atoms with Crippen LogP contribution >= 0.6 is 8.60 Å². The molecule has 0 saturated heterocycles. The van der Waals surface area contributed by atoms with E-state index in [-0.39, 0.29) is 58.4 Å². The summed E-state index contributed by atoms with van der Waals surface area (Å²) in [5.74, 6) is 0. The molecule has 0 aliphatic rings. The van der Waals surface area contributed by atoms with Gasteiger partial charge < -0.3 is 23.3 Å². The van der Waals surface area contributed by atoms with Crippen molar-refractivity contribution in [1.82, 2.24) is 0 Å². The summed E-state index contributed by atoms with van der Waals surface area (Å²) in [5, 5.41) is 0. The molecule has 31 heavy (non-hydrogen) atoms. The number of hydrogen-bond donors (Lipinski definition) is 0. The van der Waals surface area contributed by atoms with Crippen molar-refractivity contribution in [3.8, 4) is 0 Å². The minimum Gasteiger partial charge on any atom is -0.854 e. The predicted octanol–water partition coefficient (Wildman–Crippen LogP) is 3.82. The van der Waals surface area contributed by atoms with Gasteiger partial charge in [0.1, 0.15) is 0 Å². The quantitative estimate of drug-likeness (QED) is 0.227. The van der Waals surface area contributed by atoms with Crippen molar-refractivity contribution in [2.75, 3.05) is 0 Å². The van der Waals surface area contributed by atoms with Crippen molar-refractivity contribution in [3.63, 3.8) is 0 Å². The summed E-state index contributed by atoms with van der Waals surface area (Å²) in [4.78, 5) is 25.4. The molecule has 3 aromatic rings. The van der Waals surface area contributed by atoms with Crippen molar-refractivity contribution in [2.45, 2.75) is 20.8 Å². The maximum absolute atomic E-state index is 8.48. The van der Waals surface area contributed by atoms with Crippen LogP contribution in [0.2, 0.25) is 0 Å². The summed E-state index contributed by atoms with van der Waals surface area (Å²) in [6.45, 7) is 17.5. The minimum absolute atomic E-state index is 0. The van der Waals surface area contributed by atoms with Crippen molar-refractivity contribution >= 4 is 8.60 Å². The van der Waals surface area contributed by atoms with Gasteiger partial charge in [-0.3, -0.25) is 0 Å². The van der Waals surface area contributed by atoms with Crippen LogP contribution in [0.5, 0.6) is 0 Å². The topological polar surface area (TPSA) is 69.2 Å². The zero-order valence-corrected chi connectivity index (χ0v) is 28.6. The van der Waals surface area contributed by atoms with Gasteiger partial charge in [-0.2, -0.15) is 73.9 Å². The standard InChI is InChI=1S/3C8H9.O3P.3Zn/c3*1-7-3-5-8(2)6-4-7;1-4(2)3;;;/h3*3-6H,1H2,2H3;;;;/q3*-1;-3;3*+2. The van der Waals surface area contributed by atoms with Crippen molar-refractivity contribution < 1.29 is 73.1 Å². The van der Waals surface area contributed by atoms with Gasteiger partial charge in [-0.15, -0.1) is 36.4 Å². The molecule has 3 aromatic carbocycles. The van der Waals surface area contributed by atoms with Crippen LogP contribution in [-0.4, -0.2) is 0 Å². The Balaban J connectivity index is -0.000000156. The van der Waals surface area contributed by atoms with Gasteiger partial charge in [0, 0.05) is 0 Å². The van der Waals surface area contributed by atoms with E-state index in [1.54, 1.807) is 0 Å². The van der Waals surface area contributed by atoms with E-state index in [0.717, 1.165) is 16.7 Å². The molecule has 0 heterocycles. The molecule has 0 aliphatic carbocycles. The summed E-state index contributed by atoms with van der Waals surface area (Å²) in [6, 6.07) is 24.4. The first-order valence-electron chi connectivity index (χ1n) is 8.57. The molecule has 3 rings (SSSR count). The maximum atomic E-state index is 8.48. The van der Waals surface area contributed by atoms with Crippen LogP contribution in [0.3, 0.4) is 0 Å². The minimum atomic E-state index is -3.37. The van der Waals surface area contributed by atoms with E-state index in [4.69, 9.17) is 14.7 Å². The van der Waals surface area contributed by atoms with E-state index in [9.17, 15) is 0 Å². The van der Waals surface area contributed by atoms with Gasteiger partial charge in [-0.1, -0.05) is 16.7 Å². The number of benzene rings is 3. The number of aryl methyl sites for hydroxylation is 3. The second-order valence-corrected chi connectivity index (χ2v) is 6.63. The Kier molecular flexibility index (Phi) is 27.6. The smallest absolute Gasteiger partial charge is 0.854 e. The molecule has 0 radical (unpaired) electrons. The van der Waals surface area contributed by atoms with Crippen LogP contribution in [0.4, 0.5) is 0 Å². The summed E-state index contributed by atoms with van der Waals surface area (Å²) in [6.07, 6.45) is 0. The Morgan fingerprint density at radius 3 is 0.677 bits per heavy atom. The van der Waals surface area contributed by atoms with E-state index in [0.29, 0.717) is 0 Å². The third kappa shape index (κ3) is 25.6. The summed E-state index contributed by atoms with van der Waals surface area (Å²) in [7, 11) is -3.37. The molecule has 0 aromatic heterocycles. The Bertz CT molecular complexity index is 594. The van der Waals surface area contributed by atoms with Crippen molar-refractivity contribution in [1.29, 1.82) is 0 Å². The Hall–Kier alpha value is -0.550. The summed E-state index contributed by atoms with van der Waals surface area (Å²) in [5.41, 5.74) is 7.11. The molecule has 0 unspecified atom stereocenters. The second kappa shape index (κ2) is 22.6. The molecule has 0 N–H and O–H groups in total. The van der Waals surface area contributed by atoms with E-state index in [1.165, 1.54) is 16.7 Å². The summed E-state index contributed by atoms with van der Waals surface area (Å²) >= 11 is 0. The zero-order valence-electron chi connectivity index (χ0n) is 18.8. The largest absolute Gasteiger partial charge is 2.00 e. The van der Waals surface area contributed by atoms with Gasteiger partial charge >= 0.3 is 58.4 Å². The third-order valence-electron chi connectivity index (χ3n) is 3.36. The normalized spacial score (nSPS) is 8.23. The average molecular weight is 591 g/mol. The number of hydrogen-bond acceptors (Lipinski definition) is 3. The van der Waals surface area contributed by atoms with E-state index >= 15 is 0 Å². The molecule has 0 amide bonds. The zero-order chi connectivity index (χ0) is 21.5. The molecule has 152 valence electrons. The van der Waals surface area contributed by atoms with E-state index in [2.05, 4.69) is 77.9 Å². The molecule has 0 bridgehead atoms. The van der Waals surface area contributed by atoms with Crippen molar-refractivity contribution in [2.24, 2.45) is 0 Å². The molecule has 0 fully saturated rings. The monoisotopic (exact) mass is 586 g/mol. The van der Waals surface area contributed by atoms with Gasteiger partial charge in [-0.05, 0) is 20.8 Å². The molecule has 0 saturated carbocycles. The first kappa shape index (κ1) is 37.7. The van der Waals surface area contributed by atoms with Gasteiger partial charge in [-0.25, -0.2) is 0 Å². The first-order chi connectivity index (χ1) is 13.1. The maximum Gasteiger partial charge on any atom is 2.00 e.